The minimum atomic E-state index is -0.123. The van der Waals surface area contributed by atoms with Crippen LogP contribution in [-0.4, -0.2) is 11.6 Å². The lowest BCUT2D eigenvalue weighted by Gasteiger charge is -2.37. The Morgan fingerprint density at radius 1 is 0.750 bits per heavy atom. The van der Waals surface area contributed by atoms with Crippen molar-refractivity contribution in [2.24, 2.45) is 11.8 Å². The van der Waals surface area contributed by atoms with E-state index in [2.05, 4.69) is 12.2 Å². The zero-order valence-electron chi connectivity index (χ0n) is 11.3. The number of rotatable bonds is 0. The zero-order chi connectivity index (χ0) is 13.7. The maximum absolute atomic E-state index is 12.7. The molecular weight excluding hydrogens is 248 g/mol. The molecule has 0 amide bonds. The van der Waals surface area contributed by atoms with Gasteiger partial charge in [0, 0.05) is 23.0 Å². The third-order valence-electron chi connectivity index (χ3n) is 4.95. The third kappa shape index (κ3) is 1.57. The van der Waals surface area contributed by atoms with Crippen LogP contribution in [0.5, 0.6) is 0 Å². The van der Waals surface area contributed by atoms with Crippen molar-refractivity contribution in [3.8, 4) is 0 Å². The molecule has 0 fully saturated rings. The number of carbonyl (C=O) groups is 2. The number of ketones is 2. The maximum atomic E-state index is 12.7. The second-order valence-electron chi connectivity index (χ2n) is 5.98. The fourth-order valence-electron chi connectivity index (χ4n) is 3.87. The molecule has 20 heavy (non-hydrogen) atoms. The van der Waals surface area contributed by atoms with Gasteiger partial charge in [0.2, 0.25) is 0 Å². The van der Waals surface area contributed by atoms with E-state index < -0.39 is 0 Å². The van der Waals surface area contributed by atoms with Gasteiger partial charge in [-0.3, -0.25) is 9.59 Å². The predicted octanol–water partition coefficient (Wildman–Crippen LogP) is 3.74. The van der Waals surface area contributed by atoms with E-state index in [1.807, 2.05) is 12.1 Å². The van der Waals surface area contributed by atoms with Crippen LogP contribution in [0.15, 0.2) is 47.6 Å². The van der Waals surface area contributed by atoms with Crippen molar-refractivity contribution in [2.45, 2.75) is 25.7 Å². The first-order valence-corrected chi connectivity index (χ1v) is 7.28. The molecule has 2 heteroatoms. The second-order valence-corrected chi connectivity index (χ2v) is 5.98. The van der Waals surface area contributed by atoms with Crippen molar-refractivity contribution >= 4 is 11.6 Å². The zero-order valence-corrected chi connectivity index (χ0v) is 11.3. The lowest BCUT2D eigenvalue weighted by molar-refractivity contribution is 0.0719. The van der Waals surface area contributed by atoms with Gasteiger partial charge in [-0.15, -0.1) is 0 Å². The lowest BCUT2D eigenvalue weighted by Crippen LogP contribution is -2.39. The van der Waals surface area contributed by atoms with Gasteiger partial charge in [-0.2, -0.15) is 0 Å². The fourth-order valence-corrected chi connectivity index (χ4v) is 3.87. The van der Waals surface area contributed by atoms with Gasteiger partial charge in [0.1, 0.15) is 0 Å². The highest BCUT2D eigenvalue weighted by molar-refractivity contribution is 6.16. The van der Waals surface area contributed by atoms with Crippen LogP contribution in [0.4, 0.5) is 0 Å². The first-order chi connectivity index (χ1) is 9.75. The molecule has 0 radical (unpaired) electrons. The van der Waals surface area contributed by atoms with E-state index in [4.69, 9.17) is 0 Å². The number of benzene rings is 1. The van der Waals surface area contributed by atoms with Crippen LogP contribution in [0, 0.1) is 11.8 Å². The highest BCUT2D eigenvalue weighted by Crippen LogP contribution is 2.44. The van der Waals surface area contributed by atoms with Gasteiger partial charge in [-0.1, -0.05) is 47.6 Å². The molecule has 4 rings (SSSR count). The van der Waals surface area contributed by atoms with Crippen molar-refractivity contribution in [2.75, 3.05) is 0 Å². The van der Waals surface area contributed by atoms with E-state index in [0.717, 1.165) is 25.7 Å². The van der Waals surface area contributed by atoms with Gasteiger partial charge >= 0.3 is 0 Å². The summed E-state index contributed by atoms with van der Waals surface area (Å²) in [6.07, 6.45) is 7.85. The van der Waals surface area contributed by atoms with Crippen molar-refractivity contribution in [1.82, 2.24) is 0 Å². The lowest BCUT2D eigenvalue weighted by atomic mass is 9.64. The Morgan fingerprint density at radius 3 is 1.65 bits per heavy atom. The predicted molar refractivity (Wildman–Crippen MR) is 76.7 cm³/mol. The molecule has 3 aliphatic carbocycles. The van der Waals surface area contributed by atoms with Gasteiger partial charge in [-0.25, -0.2) is 0 Å². The summed E-state index contributed by atoms with van der Waals surface area (Å²) < 4.78 is 0. The minimum absolute atomic E-state index is 0.123. The standard InChI is InChI=1S/C18H16O2/c19-17-13-7-3-4-8-14(13)18(20)16-10-12-6-2-1-5-11(12)9-15(16)17/h1-4,7-8,15-16H,5-6,9-10H2. The summed E-state index contributed by atoms with van der Waals surface area (Å²) in [5.41, 5.74) is 4.06. The molecule has 2 atom stereocenters. The van der Waals surface area contributed by atoms with Gasteiger partial charge in [-0.05, 0) is 25.7 Å². The van der Waals surface area contributed by atoms with Crippen LogP contribution < -0.4 is 0 Å². The Bertz CT molecular complexity index is 621. The monoisotopic (exact) mass is 264 g/mol. The highest BCUT2D eigenvalue weighted by atomic mass is 16.1. The summed E-state index contributed by atoms with van der Waals surface area (Å²) in [5, 5.41) is 0. The summed E-state index contributed by atoms with van der Waals surface area (Å²) in [6.45, 7) is 0. The molecule has 0 aliphatic heterocycles. The molecule has 0 N–H and O–H groups in total. The highest BCUT2D eigenvalue weighted by Gasteiger charge is 2.44. The summed E-state index contributed by atoms with van der Waals surface area (Å²) >= 11 is 0. The number of carbonyl (C=O) groups excluding carboxylic acids is 2. The van der Waals surface area contributed by atoms with E-state index in [-0.39, 0.29) is 23.4 Å². The van der Waals surface area contributed by atoms with E-state index in [1.165, 1.54) is 11.1 Å². The first-order valence-electron chi connectivity index (χ1n) is 7.28. The molecule has 0 spiro atoms. The minimum Gasteiger partial charge on any atom is -0.294 e. The average molecular weight is 264 g/mol. The molecule has 0 bridgehead atoms. The molecule has 3 aliphatic rings. The van der Waals surface area contributed by atoms with E-state index >= 15 is 0 Å². The Labute approximate surface area is 118 Å². The van der Waals surface area contributed by atoms with Crippen molar-refractivity contribution in [1.29, 1.82) is 0 Å². The Balaban J connectivity index is 1.78. The Kier molecular flexibility index (Phi) is 2.53. The number of hydrogen-bond donors (Lipinski definition) is 0. The van der Waals surface area contributed by atoms with Crippen molar-refractivity contribution < 1.29 is 9.59 Å². The number of allylic oxidation sites excluding steroid dienone is 4. The van der Waals surface area contributed by atoms with Gasteiger partial charge in [0.15, 0.2) is 11.6 Å². The van der Waals surface area contributed by atoms with Crippen molar-refractivity contribution in [3.05, 3.63) is 58.7 Å². The number of Topliss-reactive ketones (excluding diaryl/α,β-unsaturated/α-hetero) is 2. The molecule has 0 heterocycles. The number of hydrogen-bond acceptors (Lipinski definition) is 2. The number of fused-ring (bicyclic) bond motifs is 2. The Hall–Kier alpha value is -1.96. The van der Waals surface area contributed by atoms with Crippen LogP contribution in [0.2, 0.25) is 0 Å². The molecular formula is C18H16O2. The topological polar surface area (TPSA) is 34.1 Å². The molecule has 0 saturated heterocycles. The molecule has 0 saturated carbocycles. The molecule has 2 nitrogen and oxygen atoms in total. The normalized spacial score (nSPS) is 28.0. The van der Waals surface area contributed by atoms with E-state index in [1.54, 1.807) is 12.1 Å². The molecule has 100 valence electrons. The average Bonchev–Trinajstić information content (AvgIpc) is 2.51. The van der Waals surface area contributed by atoms with Crippen molar-refractivity contribution in [3.63, 3.8) is 0 Å². The third-order valence-corrected chi connectivity index (χ3v) is 4.95. The van der Waals surface area contributed by atoms with Crippen LogP contribution >= 0.6 is 0 Å². The SMILES string of the molecule is O=C1c2ccccc2C(=O)C2CC3=C(CC=CC3)CC12. The van der Waals surface area contributed by atoms with Crippen LogP contribution in [0.3, 0.4) is 0 Å². The van der Waals surface area contributed by atoms with E-state index in [0.29, 0.717) is 11.1 Å². The first kappa shape index (κ1) is 11.8. The summed E-state index contributed by atoms with van der Waals surface area (Å²) in [6, 6.07) is 7.30. The smallest absolute Gasteiger partial charge is 0.167 e. The molecule has 0 aromatic heterocycles. The largest absolute Gasteiger partial charge is 0.294 e. The maximum Gasteiger partial charge on any atom is 0.167 e. The quantitative estimate of drug-likeness (QED) is 0.669. The Morgan fingerprint density at radius 2 is 1.20 bits per heavy atom. The van der Waals surface area contributed by atoms with E-state index in [9.17, 15) is 9.59 Å². The van der Waals surface area contributed by atoms with Gasteiger partial charge in [0.05, 0.1) is 0 Å². The van der Waals surface area contributed by atoms with Crippen LogP contribution in [-0.2, 0) is 0 Å². The summed E-state index contributed by atoms with van der Waals surface area (Å²) in [5.74, 6) is 0.0999. The van der Waals surface area contributed by atoms with Crippen LogP contribution in [0.25, 0.3) is 0 Å². The molecule has 2 unspecified atom stereocenters. The van der Waals surface area contributed by atoms with Gasteiger partial charge in [0.25, 0.3) is 0 Å². The molecule has 1 aromatic carbocycles. The fraction of sp³-hybridized carbons (Fsp3) is 0.333. The van der Waals surface area contributed by atoms with Crippen LogP contribution in [0.1, 0.15) is 46.4 Å². The summed E-state index contributed by atoms with van der Waals surface area (Å²) in [7, 11) is 0. The molecule has 1 aromatic rings. The summed E-state index contributed by atoms with van der Waals surface area (Å²) in [4.78, 5) is 25.4. The second kappa shape index (κ2) is 4.27. The van der Waals surface area contributed by atoms with Gasteiger partial charge < -0.3 is 0 Å².